The largest absolute Gasteiger partial charge is 0.495 e. The number of aromatic nitrogens is 2. The van der Waals surface area contributed by atoms with Crippen LogP contribution in [0.15, 0.2) is 35.9 Å². The molecule has 0 atom stereocenters. The van der Waals surface area contributed by atoms with Crippen LogP contribution in [0.25, 0.3) is 0 Å². The number of carbonyl (C=O) groups is 1. The molecule has 0 spiro atoms. The number of hydrogen-bond acceptors (Lipinski definition) is 5. The Kier molecular flexibility index (Phi) is 6.63. The minimum atomic E-state index is -0.179. The monoisotopic (exact) mass is 380 g/mol. The summed E-state index contributed by atoms with van der Waals surface area (Å²) in [6.45, 7) is 4.48. The van der Waals surface area contributed by atoms with Crippen LogP contribution in [0.1, 0.15) is 53.8 Å². The van der Waals surface area contributed by atoms with Crippen molar-refractivity contribution in [2.75, 3.05) is 19.0 Å². The zero-order chi connectivity index (χ0) is 19.9. The molecule has 1 amide bonds. The summed E-state index contributed by atoms with van der Waals surface area (Å²) in [6.07, 6.45) is 8.05. The first-order valence-corrected chi connectivity index (χ1v) is 9.78. The lowest BCUT2D eigenvalue weighted by Gasteiger charge is -2.14. The van der Waals surface area contributed by atoms with Gasteiger partial charge >= 0.3 is 0 Å². The summed E-state index contributed by atoms with van der Waals surface area (Å²) in [5.41, 5.74) is 4.39. The molecule has 0 unspecified atom stereocenters. The summed E-state index contributed by atoms with van der Waals surface area (Å²) in [6, 6.07) is 7.53. The highest BCUT2D eigenvalue weighted by Crippen LogP contribution is 2.27. The molecule has 1 aliphatic carbocycles. The number of nitrogens with one attached hydrogen (secondary N) is 2. The molecule has 0 aliphatic heterocycles. The average Bonchev–Trinajstić information content (AvgIpc) is 2.68. The van der Waals surface area contributed by atoms with Gasteiger partial charge in [0.1, 0.15) is 11.4 Å². The second-order valence-corrected chi connectivity index (χ2v) is 7.16. The van der Waals surface area contributed by atoms with E-state index in [-0.39, 0.29) is 5.91 Å². The van der Waals surface area contributed by atoms with Crippen LogP contribution >= 0.6 is 0 Å². The zero-order valence-electron chi connectivity index (χ0n) is 16.8. The fourth-order valence-corrected chi connectivity index (χ4v) is 3.34. The molecule has 0 saturated heterocycles. The van der Waals surface area contributed by atoms with E-state index in [4.69, 9.17) is 4.74 Å². The molecule has 0 bridgehead atoms. The van der Waals surface area contributed by atoms with Crippen molar-refractivity contribution < 1.29 is 9.53 Å². The predicted octanol–water partition coefficient (Wildman–Crippen LogP) is 4.47. The molecule has 28 heavy (non-hydrogen) atoms. The summed E-state index contributed by atoms with van der Waals surface area (Å²) in [5, 5.41) is 6.15. The standard InChI is InChI=1S/C22H28N4O2/c1-15-9-10-20(28-3)18(13-15)25-22-24-16(2)14-19(26-22)21(27)23-12-11-17-7-5-4-6-8-17/h7,9-10,13-14H,4-6,8,11-12H2,1-3H3,(H,23,27)(H,24,25,26). The van der Waals surface area contributed by atoms with Gasteiger partial charge < -0.3 is 15.4 Å². The summed E-state index contributed by atoms with van der Waals surface area (Å²) in [5.74, 6) is 0.896. The van der Waals surface area contributed by atoms with Gasteiger partial charge in [0.2, 0.25) is 5.95 Å². The minimum Gasteiger partial charge on any atom is -0.495 e. The quantitative estimate of drug-likeness (QED) is 0.693. The van der Waals surface area contributed by atoms with Crippen LogP contribution < -0.4 is 15.4 Å². The number of amides is 1. The number of rotatable bonds is 7. The minimum absolute atomic E-state index is 0.179. The van der Waals surface area contributed by atoms with Gasteiger partial charge in [-0.3, -0.25) is 4.79 Å². The normalized spacial score (nSPS) is 13.6. The number of ether oxygens (including phenoxy) is 1. The second-order valence-electron chi connectivity index (χ2n) is 7.16. The van der Waals surface area contributed by atoms with E-state index in [9.17, 15) is 4.79 Å². The average molecular weight is 380 g/mol. The van der Waals surface area contributed by atoms with Gasteiger partial charge in [-0.1, -0.05) is 17.7 Å². The Morgan fingerprint density at radius 3 is 2.79 bits per heavy atom. The molecule has 2 aromatic rings. The number of benzene rings is 1. The third-order valence-electron chi connectivity index (χ3n) is 4.81. The highest BCUT2D eigenvalue weighted by molar-refractivity contribution is 5.92. The van der Waals surface area contributed by atoms with Gasteiger partial charge in [-0.2, -0.15) is 0 Å². The van der Waals surface area contributed by atoms with E-state index in [1.807, 2.05) is 32.0 Å². The summed E-state index contributed by atoms with van der Waals surface area (Å²) < 4.78 is 5.39. The SMILES string of the molecule is COc1ccc(C)cc1Nc1nc(C)cc(C(=O)NCCC2=CCCCC2)n1. The number of hydrogen-bond donors (Lipinski definition) is 2. The molecule has 3 rings (SSSR count). The molecular formula is C22H28N4O2. The molecule has 1 aromatic carbocycles. The molecule has 0 saturated carbocycles. The van der Waals surface area contributed by atoms with Crippen molar-refractivity contribution in [2.24, 2.45) is 0 Å². The van der Waals surface area contributed by atoms with E-state index in [0.29, 0.717) is 23.9 Å². The summed E-state index contributed by atoms with van der Waals surface area (Å²) in [7, 11) is 1.62. The van der Waals surface area contributed by atoms with Crippen LogP contribution in [-0.4, -0.2) is 29.5 Å². The van der Waals surface area contributed by atoms with Crippen molar-refractivity contribution in [3.8, 4) is 5.75 Å². The Morgan fingerprint density at radius 2 is 2.04 bits per heavy atom. The molecule has 2 N–H and O–H groups in total. The molecule has 148 valence electrons. The Labute approximate surface area is 166 Å². The van der Waals surface area contributed by atoms with Crippen molar-refractivity contribution in [1.29, 1.82) is 0 Å². The van der Waals surface area contributed by atoms with Gasteiger partial charge in [0.15, 0.2) is 0 Å². The molecule has 1 aliphatic rings. The van der Waals surface area contributed by atoms with Crippen molar-refractivity contribution in [3.63, 3.8) is 0 Å². The first-order chi connectivity index (χ1) is 13.5. The first-order valence-electron chi connectivity index (χ1n) is 9.78. The fraction of sp³-hybridized carbons (Fsp3) is 0.409. The van der Waals surface area contributed by atoms with Gasteiger partial charge in [-0.25, -0.2) is 9.97 Å². The number of carbonyl (C=O) groups excluding carboxylic acids is 1. The number of nitrogens with zero attached hydrogens (tertiary/aromatic N) is 2. The highest BCUT2D eigenvalue weighted by atomic mass is 16.5. The molecule has 6 nitrogen and oxygen atoms in total. The van der Waals surface area contributed by atoms with Crippen molar-refractivity contribution in [1.82, 2.24) is 15.3 Å². The Balaban J connectivity index is 1.68. The van der Waals surface area contributed by atoms with Gasteiger partial charge in [0, 0.05) is 12.2 Å². The fourth-order valence-electron chi connectivity index (χ4n) is 3.34. The maximum Gasteiger partial charge on any atom is 0.270 e. The lowest BCUT2D eigenvalue weighted by Crippen LogP contribution is -2.26. The summed E-state index contributed by atoms with van der Waals surface area (Å²) >= 11 is 0. The van der Waals surface area contributed by atoms with Crippen LogP contribution in [0.4, 0.5) is 11.6 Å². The van der Waals surface area contributed by atoms with E-state index in [1.54, 1.807) is 13.2 Å². The maximum absolute atomic E-state index is 12.5. The van der Waals surface area contributed by atoms with Crippen LogP contribution in [0, 0.1) is 13.8 Å². The predicted molar refractivity (Wildman–Crippen MR) is 111 cm³/mol. The zero-order valence-corrected chi connectivity index (χ0v) is 16.8. The molecule has 0 fully saturated rings. The molecule has 1 aromatic heterocycles. The Bertz CT molecular complexity index is 877. The first kappa shape index (κ1) is 19.9. The number of allylic oxidation sites excluding steroid dienone is 1. The van der Waals surface area contributed by atoms with Gasteiger partial charge in [0.05, 0.1) is 12.8 Å². The summed E-state index contributed by atoms with van der Waals surface area (Å²) in [4.78, 5) is 21.3. The maximum atomic E-state index is 12.5. The van der Waals surface area contributed by atoms with E-state index >= 15 is 0 Å². The molecular weight excluding hydrogens is 352 g/mol. The second kappa shape index (κ2) is 9.35. The topological polar surface area (TPSA) is 76.1 Å². The number of anilines is 2. The van der Waals surface area contributed by atoms with E-state index in [1.165, 1.54) is 18.4 Å². The van der Waals surface area contributed by atoms with Crippen molar-refractivity contribution in [2.45, 2.75) is 46.0 Å². The number of aryl methyl sites for hydroxylation is 2. The van der Waals surface area contributed by atoms with Gasteiger partial charge in [0.25, 0.3) is 5.91 Å². The van der Waals surface area contributed by atoms with E-state index in [2.05, 4.69) is 26.7 Å². The van der Waals surface area contributed by atoms with Crippen LogP contribution in [0.3, 0.4) is 0 Å². The van der Waals surface area contributed by atoms with Crippen molar-refractivity contribution >= 4 is 17.5 Å². The third kappa shape index (κ3) is 5.31. The molecule has 1 heterocycles. The van der Waals surface area contributed by atoms with Gasteiger partial charge in [-0.05, 0) is 69.7 Å². The van der Waals surface area contributed by atoms with Gasteiger partial charge in [-0.15, -0.1) is 0 Å². The smallest absolute Gasteiger partial charge is 0.270 e. The number of methoxy groups -OCH3 is 1. The Morgan fingerprint density at radius 1 is 1.18 bits per heavy atom. The Hall–Kier alpha value is -2.89. The lowest BCUT2D eigenvalue weighted by atomic mass is 9.97. The molecule has 6 heteroatoms. The van der Waals surface area contributed by atoms with E-state index < -0.39 is 0 Å². The van der Waals surface area contributed by atoms with E-state index in [0.717, 1.165) is 36.2 Å². The third-order valence-corrected chi connectivity index (χ3v) is 4.81. The lowest BCUT2D eigenvalue weighted by molar-refractivity contribution is 0.0949. The molecule has 0 radical (unpaired) electrons. The van der Waals surface area contributed by atoms with Crippen LogP contribution in [0.5, 0.6) is 5.75 Å². The van der Waals surface area contributed by atoms with Crippen LogP contribution in [-0.2, 0) is 0 Å². The van der Waals surface area contributed by atoms with Crippen molar-refractivity contribution in [3.05, 3.63) is 52.9 Å². The highest BCUT2D eigenvalue weighted by Gasteiger charge is 2.13. The van der Waals surface area contributed by atoms with Crippen LogP contribution in [0.2, 0.25) is 0 Å².